The highest BCUT2D eigenvalue weighted by Crippen LogP contribution is 2.46. The molecule has 21 heavy (non-hydrogen) atoms. The van der Waals surface area contributed by atoms with Crippen molar-refractivity contribution in [1.29, 1.82) is 0 Å². The van der Waals surface area contributed by atoms with Crippen LogP contribution < -0.4 is 14.2 Å². The molecule has 2 unspecified atom stereocenters. The third-order valence-electron chi connectivity index (χ3n) is 3.08. The number of hydrogen-bond acceptors (Lipinski definition) is 5. The Labute approximate surface area is 139 Å². The zero-order valence-corrected chi connectivity index (χ0v) is 15.5. The van der Waals surface area contributed by atoms with Crippen LogP contribution in [-0.4, -0.2) is 32.2 Å². The maximum absolute atomic E-state index is 10.1. The van der Waals surface area contributed by atoms with E-state index in [1.54, 1.807) is 21.1 Å². The highest BCUT2D eigenvalue weighted by molar-refractivity contribution is 14.1. The standard InChI is InChI=1S/C15H23IO5/c1-7-20-10(4)21-15-11(9(3)17)13(18-5)8(2)14(19-6)12(15)16/h9-10,17H,7H2,1-6H3. The second-order valence-corrected chi connectivity index (χ2v) is 5.64. The van der Waals surface area contributed by atoms with Crippen LogP contribution in [0.15, 0.2) is 0 Å². The van der Waals surface area contributed by atoms with Crippen LogP contribution in [0, 0.1) is 10.5 Å². The predicted molar refractivity (Wildman–Crippen MR) is 89.3 cm³/mol. The van der Waals surface area contributed by atoms with Crippen LogP contribution in [0.1, 0.15) is 38.0 Å². The fraction of sp³-hybridized carbons (Fsp3) is 0.600. The number of hydrogen-bond donors (Lipinski definition) is 1. The highest BCUT2D eigenvalue weighted by atomic mass is 127. The van der Waals surface area contributed by atoms with Crippen molar-refractivity contribution in [3.05, 3.63) is 14.7 Å². The number of halogens is 1. The number of methoxy groups -OCH3 is 2. The van der Waals surface area contributed by atoms with Gasteiger partial charge >= 0.3 is 0 Å². The van der Waals surface area contributed by atoms with Gasteiger partial charge in [0.1, 0.15) is 17.2 Å². The van der Waals surface area contributed by atoms with E-state index in [4.69, 9.17) is 18.9 Å². The number of benzene rings is 1. The van der Waals surface area contributed by atoms with Crippen molar-refractivity contribution < 1.29 is 24.1 Å². The average molecular weight is 410 g/mol. The first-order chi connectivity index (χ1) is 9.88. The second kappa shape index (κ2) is 8.05. The molecule has 0 radical (unpaired) electrons. The van der Waals surface area contributed by atoms with Crippen molar-refractivity contribution in [2.45, 2.75) is 40.1 Å². The third kappa shape index (κ3) is 3.92. The summed E-state index contributed by atoms with van der Waals surface area (Å²) in [5, 5.41) is 10.1. The first kappa shape index (κ1) is 18.3. The topological polar surface area (TPSA) is 57.2 Å². The van der Waals surface area contributed by atoms with Gasteiger partial charge in [-0.15, -0.1) is 0 Å². The molecule has 2 atom stereocenters. The summed E-state index contributed by atoms with van der Waals surface area (Å²) in [4.78, 5) is 0. The van der Waals surface area contributed by atoms with Crippen molar-refractivity contribution in [2.24, 2.45) is 0 Å². The molecular weight excluding hydrogens is 387 g/mol. The van der Waals surface area contributed by atoms with Gasteiger partial charge in [0.15, 0.2) is 6.29 Å². The van der Waals surface area contributed by atoms with E-state index in [0.717, 1.165) is 9.13 Å². The van der Waals surface area contributed by atoms with Crippen LogP contribution in [0.4, 0.5) is 0 Å². The second-order valence-electron chi connectivity index (χ2n) is 4.57. The lowest BCUT2D eigenvalue weighted by Crippen LogP contribution is -2.19. The number of aliphatic hydroxyl groups is 1. The van der Waals surface area contributed by atoms with Crippen LogP contribution >= 0.6 is 22.6 Å². The van der Waals surface area contributed by atoms with Gasteiger partial charge in [0.25, 0.3) is 0 Å². The molecule has 1 N–H and O–H groups in total. The molecule has 6 heteroatoms. The lowest BCUT2D eigenvalue weighted by molar-refractivity contribution is -0.0631. The van der Waals surface area contributed by atoms with Crippen LogP contribution in [0.3, 0.4) is 0 Å². The molecule has 0 aliphatic rings. The van der Waals surface area contributed by atoms with Crippen molar-refractivity contribution in [3.63, 3.8) is 0 Å². The Morgan fingerprint density at radius 2 is 1.67 bits per heavy atom. The number of rotatable bonds is 7. The van der Waals surface area contributed by atoms with Crippen LogP contribution in [0.25, 0.3) is 0 Å². The van der Waals surface area contributed by atoms with Gasteiger partial charge in [-0.25, -0.2) is 0 Å². The van der Waals surface area contributed by atoms with E-state index in [9.17, 15) is 5.11 Å². The van der Waals surface area contributed by atoms with E-state index in [0.29, 0.717) is 29.4 Å². The molecule has 1 rings (SSSR count). The van der Waals surface area contributed by atoms with Crippen LogP contribution in [-0.2, 0) is 4.74 Å². The van der Waals surface area contributed by atoms with E-state index < -0.39 is 12.4 Å². The molecule has 0 aliphatic heterocycles. The van der Waals surface area contributed by atoms with E-state index in [-0.39, 0.29) is 0 Å². The summed E-state index contributed by atoms with van der Waals surface area (Å²) in [6, 6.07) is 0. The van der Waals surface area contributed by atoms with Gasteiger partial charge in [0.05, 0.1) is 29.5 Å². The number of ether oxygens (including phenoxy) is 4. The summed E-state index contributed by atoms with van der Waals surface area (Å²) in [5.41, 5.74) is 1.43. The van der Waals surface area contributed by atoms with E-state index in [1.165, 1.54) is 0 Å². The molecule has 0 saturated carbocycles. The Morgan fingerprint density at radius 1 is 1.10 bits per heavy atom. The minimum Gasteiger partial charge on any atom is -0.496 e. The molecule has 0 bridgehead atoms. The van der Waals surface area contributed by atoms with Crippen molar-refractivity contribution in [3.8, 4) is 17.2 Å². The molecule has 0 heterocycles. The normalized spacial score (nSPS) is 13.7. The molecule has 1 aromatic carbocycles. The zero-order valence-electron chi connectivity index (χ0n) is 13.3. The van der Waals surface area contributed by atoms with Crippen molar-refractivity contribution >= 4 is 22.6 Å². The van der Waals surface area contributed by atoms with E-state index in [2.05, 4.69) is 22.6 Å². The van der Waals surface area contributed by atoms with Gasteiger partial charge in [-0.2, -0.15) is 0 Å². The summed E-state index contributed by atoms with van der Waals surface area (Å²) < 4.78 is 23.0. The lowest BCUT2D eigenvalue weighted by atomic mass is 10.0. The molecule has 120 valence electrons. The molecule has 5 nitrogen and oxygen atoms in total. The largest absolute Gasteiger partial charge is 0.496 e. The molecular formula is C15H23IO5. The smallest absolute Gasteiger partial charge is 0.197 e. The van der Waals surface area contributed by atoms with Gasteiger partial charge < -0.3 is 24.1 Å². The molecule has 0 fully saturated rings. The highest BCUT2D eigenvalue weighted by Gasteiger charge is 2.27. The fourth-order valence-corrected chi connectivity index (χ4v) is 3.27. The SMILES string of the molecule is CCOC(C)Oc1c(I)c(OC)c(C)c(OC)c1C(C)O. The first-order valence-corrected chi connectivity index (χ1v) is 7.87. The summed E-state index contributed by atoms with van der Waals surface area (Å²) in [7, 11) is 3.16. The Morgan fingerprint density at radius 3 is 2.10 bits per heavy atom. The van der Waals surface area contributed by atoms with E-state index in [1.807, 2.05) is 20.8 Å². The van der Waals surface area contributed by atoms with E-state index >= 15 is 0 Å². The summed E-state index contributed by atoms with van der Waals surface area (Å²) >= 11 is 2.15. The van der Waals surface area contributed by atoms with Gasteiger partial charge in [-0.3, -0.25) is 0 Å². The Balaban J connectivity index is 3.50. The maximum Gasteiger partial charge on any atom is 0.197 e. The van der Waals surface area contributed by atoms with Crippen LogP contribution in [0.5, 0.6) is 17.2 Å². The van der Waals surface area contributed by atoms with Crippen molar-refractivity contribution in [2.75, 3.05) is 20.8 Å². The molecule has 0 spiro atoms. The fourth-order valence-electron chi connectivity index (χ4n) is 2.23. The van der Waals surface area contributed by atoms with Gasteiger partial charge in [0.2, 0.25) is 0 Å². The lowest BCUT2D eigenvalue weighted by Gasteiger charge is -2.24. The maximum atomic E-state index is 10.1. The quantitative estimate of drug-likeness (QED) is 0.552. The monoisotopic (exact) mass is 410 g/mol. The molecule has 0 amide bonds. The molecule has 0 aliphatic carbocycles. The Bertz CT molecular complexity index is 488. The summed E-state index contributed by atoms with van der Waals surface area (Å²) in [5.74, 6) is 1.78. The third-order valence-corrected chi connectivity index (χ3v) is 4.06. The zero-order chi connectivity index (χ0) is 16.2. The minimum absolute atomic E-state index is 0.432. The number of aliphatic hydroxyl groups excluding tert-OH is 1. The van der Waals surface area contributed by atoms with Crippen molar-refractivity contribution in [1.82, 2.24) is 0 Å². The minimum atomic E-state index is -0.734. The Kier molecular flexibility index (Phi) is 7.02. The average Bonchev–Trinajstić information content (AvgIpc) is 2.42. The summed E-state index contributed by atoms with van der Waals surface area (Å²) in [6.07, 6.45) is -1.17. The van der Waals surface area contributed by atoms with Crippen LogP contribution in [0.2, 0.25) is 0 Å². The van der Waals surface area contributed by atoms with Gasteiger partial charge in [-0.05, 0) is 50.3 Å². The predicted octanol–water partition coefficient (Wildman–Crippen LogP) is 3.43. The molecule has 1 aromatic rings. The summed E-state index contributed by atoms with van der Waals surface area (Å²) in [6.45, 7) is 7.82. The Hall–Kier alpha value is -0.730. The van der Waals surface area contributed by atoms with Gasteiger partial charge in [0, 0.05) is 12.2 Å². The first-order valence-electron chi connectivity index (χ1n) is 6.79. The molecule has 0 saturated heterocycles. The molecule has 0 aromatic heterocycles. The van der Waals surface area contributed by atoms with Gasteiger partial charge in [-0.1, -0.05) is 0 Å².